The molecule has 0 radical (unpaired) electrons. The number of hydrogen-bond donors (Lipinski definition) is 0. The molecule has 0 unspecified atom stereocenters. The Labute approximate surface area is 206 Å². The topological polar surface area (TPSA) is 9.23 Å². The summed E-state index contributed by atoms with van der Waals surface area (Å²) in [7, 11) is 0. The predicted molar refractivity (Wildman–Crippen MR) is 112 cm³/mol. The molecule has 0 atom stereocenters. The molecular weight excluding hydrogens is 562 g/mol. The van der Waals surface area contributed by atoms with Crippen molar-refractivity contribution in [3.63, 3.8) is 0 Å². The summed E-state index contributed by atoms with van der Waals surface area (Å²) in [5, 5.41) is 0. The highest BCUT2D eigenvalue weighted by Crippen LogP contribution is 2.11. The van der Waals surface area contributed by atoms with Gasteiger partial charge in [0, 0.05) is 13.2 Å². The van der Waals surface area contributed by atoms with Crippen molar-refractivity contribution in [2.24, 2.45) is 0 Å². The lowest BCUT2D eigenvalue weighted by molar-refractivity contribution is -0.923. The van der Waals surface area contributed by atoms with Crippen LogP contribution < -0.4 is 48.0 Å². The molecule has 0 aliphatic carbocycles. The third-order valence-electron chi connectivity index (χ3n) is 6.87. The lowest BCUT2D eigenvalue weighted by atomic mass is 10.2. The molecule has 0 N–H and O–H groups in total. The van der Waals surface area contributed by atoms with E-state index in [1.54, 1.807) is 0 Å². The Hall–Kier alpha value is 1.34. The number of halogens is 2. The Balaban J connectivity index is -0.00000288. The molecule has 168 valence electrons. The van der Waals surface area contributed by atoms with Crippen LogP contribution in [-0.2, 0) is 4.74 Å². The zero-order valence-corrected chi connectivity index (χ0v) is 23.7. The van der Waals surface area contributed by atoms with Crippen LogP contribution >= 0.6 is 0 Å². The minimum absolute atomic E-state index is 0. The standard InChI is InChI=1S/C22H50N2O.2HI/c1-7-23(8-2,9-3)19-15-13-17-21-25-22-18-14-16-20-24(10-4,11-5)12-6;;/h7-22H2,1-6H3;2*1H/q+2;;/p-2. The molecular formula is C22H50I2N2O. The second-order valence-electron chi connectivity index (χ2n) is 7.76. The fraction of sp³-hybridized carbons (Fsp3) is 1.00. The van der Waals surface area contributed by atoms with E-state index < -0.39 is 0 Å². The molecule has 0 saturated heterocycles. The first-order valence-electron chi connectivity index (χ1n) is 11.3. The van der Waals surface area contributed by atoms with E-state index in [0.717, 1.165) is 13.2 Å². The van der Waals surface area contributed by atoms with Crippen molar-refractivity contribution in [3.8, 4) is 0 Å². The van der Waals surface area contributed by atoms with Crippen LogP contribution in [0.5, 0.6) is 0 Å². The quantitative estimate of drug-likeness (QED) is 0.111. The summed E-state index contributed by atoms with van der Waals surface area (Å²) in [6, 6.07) is 0. The van der Waals surface area contributed by atoms with Gasteiger partial charge in [-0.1, -0.05) is 0 Å². The predicted octanol–water partition coefficient (Wildman–Crippen LogP) is -0.895. The maximum Gasteiger partial charge on any atom is 0.0786 e. The Morgan fingerprint density at radius 3 is 1.00 bits per heavy atom. The number of quaternary nitrogens is 2. The molecule has 0 heterocycles. The van der Waals surface area contributed by atoms with E-state index in [4.69, 9.17) is 4.74 Å². The van der Waals surface area contributed by atoms with Crippen molar-refractivity contribution in [1.82, 2.24) is 0 Å². The molecule has 0 fully saturated rings. The molecule has 0 aliphatic heterocycles. The molecule has 0 aromatic heterocycles. The summed E-state index contributed by atoms with van der Waals surface area (Å²) in [5.74, 6) is 0. The third kappa shape index (κ3) is 14.1. The summed E-state index contributed by atoms with van der Waals surface area (Å²) in [6.07, 6.45) is 7.82. The summed E-state index contributed by atoms with van der Waals surface area (Å²) in [6.45, 7) is 26.3. The van der Waals surface area contributed by atoms with E-state index in [1.807, 2.05) is 0 Å². The van der Waals surface area contributed by atoms with Gasteiger partial charge in [-0.15, -0.1) is 0 Å². The number of rotatable bonds is 18. The molecule has 0 aromatic rings. The second-order valence-corrected chi connectivity index (χ2v) is 7.76. The number of hydrogen-bond acceptors (Lipinski definition) is 1. The normalized spacial score (nSPS) is 11.8. The van der Waals surface area contributed by atoms with Crippen LogP contribution in [0.1, 0.15) is 80.1 Å². The van der Waals surface area contributed by atoms with E-state index in [2.05, 4.69) is 41.5 Å². The lowest BCUT2D eigenvalue weighted by Gasteiger charge is -2.36. The summed E-state index contributed by atoms with van der Waals surface area (Å²) in [5.41, 5.74) is 0. The highest BCUT2D eigenvalue weighted by molar-refractivity contribution is 4.46. The van der Waals surface area contributed by atoms with Crippen LogP contribution in [0, 0.1) is 0 Å². The fourth-order valence-corrected chi connectivity index (χ4v) is 4.05. The van der Waals surface area contributed by atoms with Gasteiger partial charge in [-0.05, 0) is 80.1 Å². The van der Waals surface area contributed by atoms with Crippen molar-refractivity contribution < 1.29 is 61.7 Å². The minimum atomic E-state index is 0. The molecule has 0 aliphatic rings. The third-order valence-corrected chi connectivity index (χ3v) is 6.87. The number of ether oxygens (including phenoxy) is 1. The maximum absolute atomic E-state index is 5.85. The fourth-order valence-electron chi connectivity index (χ4n) is 4.05. The van der Waals surface area contributed by atoms with Crippen molar-refractivity contribution in [2.45, 2.75) is 80.1 Å². The van der Waals surface area contributed by atoms with Gasteiger partial charge in [0.25, 0.3) is 0 Å². The second kappa shape index (κ2) is 20.6. The van der Waals surface area contributed by atoms with Crippen LogP contribution in [-0.4, -0.2) is 74.5 Å². The van der Waals surface area contributed by atoms with E-state index in [-0.39, 0.29) is 48.0 Å². The van der Waals surface area contributed by atoms with Gasteiger partial charge in [-0.3, -0.25) is 0 Å². The lowest BCUT2D eigenvalue weighted by Crippen LogP contribution is -3.00. The average Bonchev–Trinajstić information content (AvgIpc) is 2.67. The first kappa shape index (κ1) is 33.0. The van der Waals surface area contributed by atoms with Gasteiger partial charge in [0.2, 0.25) is 0 Å². The van der Waals surface area contributed by atoms with Gasteiger partial charge >= 0.3 is 0 Å². The average molecular weight is 612 g/mol. The number of unbranched alkanes of at least 4 members (excludes halogenated alkanes) is 4. The van der Waals surface area contributed by atoms with Crippen LogP contribution in [0.25, 0.3) is 0 Å². The van der Waals surface area contributed by atoms with E-state index in [0.29, 0.717) is 0 Å². The van der Waals surface area contributed by atoms with Gasteiger partial charge in [0.15, 0.2) is 0 Å². The largest absolute Gasteiger partial charge is 1.00 e. The molecule has 0 rings (SSSR count). The van der Waals surface area contributed by atoms with Crippen LogP contribution in [0.3, 0.4) is 0 Å². The summed E-state index contributed by atoms with van der Waals surface area (Å²) >= 11 is 0. The molecule has 0 amide bonds. The summed E-state index contributed by atoms with van der Waals surface area (Å²) in [4.78, 5) is 0. The Morgan fingerprint density at radius 1 is 0.444 bits per heavy atom. The zero-order valence-electron chi connectivity index (χ0n) is 19.4. The highest BCUT2D eigenvalue weighted by atomic mass is 127. The van der Waals surface area contributed by atoms with Crippen LogP contribution in [0.4, 0.5) is 0 Å². The first-order chi connectivity index (χ1) is 12.1. The van der Waals surface area contributed by atoms with Crippen molar-refractivity contribution >= 4 is 0 Å². The molecule has 0 aromatic carbocycles. The smallest absolute Gasteiger partial charge is 0.0786 e. The maximum atomic E-state index is 5.85. The van der Waals surface area contributed by atoms with Gasteiger partial charge < -0.3 is 61.7 Å². The first-order valence-corrected chi connectivity index (χ1v) is 11.3. The van der Waals surface area contributed by atoms with E-state index >= 15 is 0 Å². The van der Waals surface area contributed by atoms with Gasteiger partial charge in [-0.25, -0.2) is 0 Å². The molecule has 5 heteroatoms. The van der Waals surface area contributed by atoms with Crippen LogP contribution in [0.15, 0.2) is 0 Å². The Bertz CT molecular complexity index is 252. The molecule has 0 spiro atoms. The van der Waals surface area contributed by atoms with Crippen molar-refractivity contribution in [1.29, 1.82) is 0 Å². The summed E-state index contributed by atoms with van der Waals surface area (Å²) < 4.78 is 8.42. The van der Waals surface area contributed by atoms with Crippen molar-refractivity contribution in [2.75, 3.05) is 65.6 Å². The van der Waals surface area contributed by atoms with Gasteiger partial charge in [-0.2, -0.15) is 0 Å². The number of nitrogens with zero attached hydrogens (tertiary/aromatic N) is 2. The molecule has 27 heavy (non-hydrogen) atoms. The zero-order chi connectivity index (χ0) is 19.0. The molecule has 3 nitrogen and oxygen atoms in total. The monoisotopic (exact) mass is 612 g/mol. The van der Waals surface area contributed by atoms with Gasteiger partial charge in [0.1, 0.15) is 0 Å². The van der Waals surface area contributed by atoms with Crippen LogP contribution in [0.2, 0.25) is 0 Å². The van der Waals surface area contributed by atoms with E-state index in [1.165, 1.54) is 99.8 Å². The van der Waals surface area contributed by atoms with Gasteiger partial charge in [0.05, 0.1) is 52.4 Å². The van der Waals surface area contributed by atoms with Crippen molar-refractivity contribution in [3.05, 3.63) is 0 Å². The molecule has 0 bridgehead atoms. The minimum Gasteiger partial charge on any atom is -1.00 e. The SMILES string of the molecule is CC[N+](CC)(CC)CCCCCOCCCCC[N+](CC)(CC)CC.[I-].[I-]. The van der Waals surface area contributed by atoms with E-state index in [9.17, 15) is 0 Å². The Morgan fingerprint density at radius 2 is 0.741 bits per heavy atom. The Kier molecular flexibility index (Phi) is 25.2. The molecule has 0 saturated carbocycles. The highest BCUT2D eigenvalue weighted by Gasteiger charge is 2.20.